The molecule has 1 aromatic heterocycles. The van der Waals surface area contributed by atoms with Gasteiger partial charge in [0.1, 0.15) is 18.1 Å². The molecule has 3 rings (SSSR count). The lowest BCUT2D eigenvalue weighted by Crippen LogP contribution is -2.23. The number of fused-ring (bicyclic) bond motifs is 1. The molecular formula is C21H23NO3. The van der Waals surface area contributed by atoms with E-state index in [0.29, 0.717) is 18.9 Å². The summed E-state index contributed by atoms with van der Waals surface area (Å²) in [4.78, 5) is 12.5. The normalized spacial score (nSPS) is 10.9. The van der Waals surface area contributed by atoms with Gasteiger partial charge in [-0.25, -0.2) is 0 Å². The predicted molar refractivity (Wildman–Crippen MR) is 101 cm³/mol. The van der Waals surface area contributed by atoms with Crippen LogP contribution in [0.2, 0.25) is 0 Å². The number of nitrogens with zero attached hydrogens (tertiary/aromatic N) is 1. The molecule has 4 heteroatoms. The van der Waals surface area contributed by atoms with Crippen molar-refractivity contribution in [3.05, 3.63) is 69.5 Å². The maximum Gasteiger partial charge on any atom is 0.251 e. The molecule has 0 aliphatic rings. The number of ether oxygens (including phenoxy) is 2. The maximum absolute atomic E-state index is 12.5. The second-order valence-corrected chi connectivity index (χ2v) is 6.35. The van der Waals surface area contributed by atoms with Crippen LogP contribution in [0, 0.1) is 20.8 Å². The van der Waals surface area contributed by atoms with Crippen LogP contribution in [0.25, 0.3) is 10.9 Å². The van der Waals surface area contributed by atoms with E-state index in [0.717, 1.165) is 33.3 Å². The zero-order valence-corrected chi connectivity index (χ0v) is 15.1. The molecule has 0 fully saturated rings. The third-order valence-electron chi connectivity index (χ3n) is 4.30. The van der Waals surface area contributed by atoms with Gasteiger partial charge < -0.3 is 14.0 Å². The Hall–Kier alpha value is -2.75. The van der Waals surface area contributed by atoms with Crippen molar-refractivity contribution in [3.63, 3.8) is 0 Å². The van der Waals surface area contributed by atoms with E-state index >= 15 is 0 Å². The topological polar surface area (TPSA) is 40.5 Å². The van der Waals surface area contributed by atoms with Crippen LogP contribution < -0.4 is 15.0 Å². The molecule has 0 amide bonds. The Labute approximate surface area is 147 Å². The summed E-state index contributed by atoms with van der Waals surface area (Å²) in [6.45, 7) is 6.91. The van der Waals surface area contributed by atoms with Crippen LogP contribution in [0.3, 0.4) is 0 Å². The summed E-state index contributed by atoms with van der Waals surface area (Å²) in [7, 11) is 1.62. The first-order chi connectivity index (χ1) is 12.0. The summed E-state index contributed by atoms with van der Waals surface area (Å²) in [5.74, 6) is 1.53. The number of hydrogen-bond donors (Lipinski definition) is 0. The van der Waals surface area contributed by atoms with Crippen LogP contribution >= 0.6 is 0 Å². The van der Waals surface area contributed by atoms with E-state index in [4.69, 9.17) is 9.47 Å². The first-order valence-electron chi connectivity index (χ1n) is 8.38. The summed E-state index contributed by atoms with van der Waals surface area (Å²) in [5.41, 5.74) is 4.05. The van der Waals surface area contributed by atoms with Crippen molar-refractivity contribution in [2.75, 3.05) is 13.7 Å². The fourth-order valence-corrected chi connectivity index (χ4v) is 3.23. The predicted octanol–water partition coefficient (Wildman–Crippen LogP) is 4.01. The molecule has 0 spiro atoms. The average Bonchev–Trinajstić information content (AvgIpc) is 2.56. The number of benzene rings is 2. The van der Waals surface area contributed by atoms with Gasteiger partial charge in [-0.15, -0.1) is 0 Å². The Morgan fingerprint density at radius 3 is 2.40 bits per heavy atom. The van der Waals surface area contributed by atoms with Crippen LogP contribution in [0.5, 0.6) is 11.5 Å². The molecular weight excluding hydrogens is 314 g/mol. The molecule has 2 aromatic carbocycles. The average molecular weight is 337 g/mol. The summed E-state index contributed by atoms with van der Waals surface area (Å²) in [6.07, 6.45) is 0. The Balaban J connectivity index is 1.92. The number of rotatable bonds is 5. The van der Waals surface area contributed by atoms with Gasteiger partial charge in [0.25, 0.3) is 5.56 Å². The third kappa shape index (κ3) is 3.53. The molecule has 0 saturated carbocycles. The van der Waals surface area contributed by atoms with E-state index < -0.39 is 0 Å². The van der Waals surface area contributed by atoms with E-state index in [1.807, 2.05) is 51.1 Å². The number of hydrogen-bond acceptors (Lipinski definition) is 3. The molecule has 25 heavy (non-hydrogen) atoms. The Bertz CT molecular complexity index is 953. The standard InChI is InChI=1S/C21H23NO3/c1-14-10-15(2)12-17(11-14)25-9-8-22-20(23)13-16(3)18-6-5-7-19(24-4)21(18)22/h5-7,10-13H,8-9H2,1-4H3. The van der Waals surface area contributed by atoms with Crippen molar-refractivity contribution in [1.82, 2.24) is 4.57 Å². The maximum atomic E-state index is 12.5. The molecule has 1 heterocycles. The largest absolute Gasteiger partial charge is 0.495 e. The van der Waals surface area contributed by atoms with Crippen LogP contribution in [0.4, 0.5) is 0 Å². The van der Waals surface area contributed by atoms with Crippen molar-refractivity contribution < 1.29 is 9.47 Å². The minimum atomic E-state index is -0.0430. The second-order valence-electron chi connectivity index (χ2n) is 6.35. The van der Waals surface area contributed by atoms with Crippen LogP contribution in [0.1, 0.15) is 16.7 Å². The Morgan fingerprint density at radius 1 is 1.00 bits per heavy atom. The first-order valence-corrected chi connectivity index (χ1v) is 8.38. The number of aromatic nitrogens is 1. The van der Waals surface area contributed by atoms with E-state index in [-0.39, 0.29) is 5.56 Å². The van der Waals surface area contributed by atoms with Crippen molar-refractivity contribution in [1.29, 1.82) is 0 Å². The molecule has 130 valence electrons. The lowest BCUT2D eigenvalue weighted by molar-refractivity contribution is 0.297. The third-order valence-corrected chi connectivity index (χ3v) is 4.30. The van der Waals surface area contributed by atoms with Crippen molar-refractivity contribution in [2.24, 2.45) is 0 Å². The summed E-state index contributed by atoms with van der Waals surface area (Å²) in [6, 6.07) is 13.6. The highest BCUT2D eigenvalue weighted by atomic mass is 16.5. The minimum absolute atomic E-state index is 0.0430. The summed E-state index contributed by atoms with van der Waals surface area (Å²) < 4.78 is 13.1. The number of para-hydroxylation sites is 1. The molecule has 0 radical (unpaired) electrons. The highest BCUT2D eigenvalue weighted by Gasteiger charge is 2.11. The molecule has 0 N–H and O–H groups in total. The van der Waals surface area contributed by atoms with Gasteiger partial charge in [0, 0.05) is 11.5 Å². The van der Waals surface area contributed by atoms with E-state index in [1.165, 1.54) is 0 Å². The second kappa shape index (κ2) is 7.01. The molecule has 0 aliphatic carbocycles. The van der Waals surface area contributed by atoms with Gasteiger partial charge in [-0.3, -0.25) is 4.79 Å². The van der Waals surface area contributed by atoms with E-state index in [1.54, 1.807) is 17.7 Å². The number of methoxy groups -OCH3 is 1. The molecule has 0 bridgehead atoms. The zero-order chi connectivity index (χ0) is 18.0. The van der Waals surface area contributed by atoms with Crippen LogP contribution in [-0.2, 0) is 6.54 Å². The SMILES string of the molecule is COc1cccc2c(C)cc(=O)n(CCOc3cc(C)cc(C)c3)c12. The van der Waals surface area contributed by atoms with Gasteiger partial charge in [-0.05, 0) is 55.7 Å². The van der Waals surface area contributed by atoms with Crippen LogP contribution in [-0.4, -0.2) is 18.3 Å². The van der Waals surface area contributed by atoms with Gasteiger partial charge in [0.05, 0.1) is 19.2 Å². The Morgan fingerprint density at radius 2 is 1.72 bits per heavy atom. The lowest BCUT2D eigenvalue weighted by atomic mass is 10.1. The zero-order valence-electron chi connectivity index (χ0n) is 15.1. The molecule has 0 unspecified atom stereocenters. The lowest BCUT2D eigenvalue weighted by Gasteiger charge is -2.15. The minimum Gasteiger partial charge on any atom is -0.495 e. The number of aryl methyl sites for hydroxylation is 3. The molecule has 3 aromatic rings. The first kappa shape index (κ1) is 17.1. The summed E-state index contributed by atoms with van der Waals surface area (Å²) in [5, 5.41) is 1.02. The smallest absolute Gasteiger partial charge is 0.251 e. The van der Waals surface area contributed by atoms with Crippen molar-refractivity contribution in [2.45, 2.75) is 27.3 Å². The molecule has 0 atom stereocenters. The fraction of sp³-hybridized carbons (Fsp3) is 0.286. The quantitative estimate of drug-likeness (QED) is 0.706. The highest BCUT2D eigenvalue weighted by molar-refractivity contribution is 5.87. The van der Waals surface area contributed by atoms with Gasteiger partial charge in [0.15, 0.2) is 0 Å². The summed E-state index contributed by atoms with van der Waals surface area (Å²) >= 11 is 0. The van der Waals surface area contributed by atoms with Gasteiger partial charge in [-0.2, -0.15) is 0 Å². The van der Waals surface area contributed by atoms with Crippen molar-refractivity contribution in [3.8, 4) is 11.5 Å². The molecule has 0 saturated heterocycles. The van der Waals surface area contributed by atoms with Crippen molar-refractivity contribution >= 4 is 10.9 Å². The van der Waals surface area contributed by atoms with Crippen LogP contribution in [0.15, 0.2) is 47.3 Å². The van der Waals surface area contributed by atoms with E-state index in [9.17, 15) is 4.79 Å². The van der Waals surface area contributed by atoms with Gasteiger partial charge >= 0.3 is 0 Å². The Kier molecular flexibility index (Phi) is 4.79. The molecule has 0 aliphatic heterocycles. The van der Waals surface area contributed by atoms with E-state index in [2.05, 4.69) is 6.07 Å². The van der Waals surface area contributed by atoms with Gasteiger partial charge in [-0.1, -0.05) is 18.2 Å². The monoisotopic (exact) mass is 337 g/mol. The fourth-order valence-electron chi connectivity index (χ4n) is 3.23. The highest BCUT2D eigenvalue weighted by Crippen LogP contribution is 2.26. The number of pyridine rings is 1. The van der Waals surface area contributed by atoms with Gasteiger partial charge in [0.2, 0.25) is 0 Å². The molecule has 4 nitrogen and oxygen atoms in total.